The van der Waals surface area contributed by atoms with E-state index in [0.717, 1.165) is 17.2 Å². The number of hydrogen-bond acceptors (Lipinski definition) is 7. The summed E-state index contributed by atoms with van der Waals surface area (Å²) in [4.78, 5) is 48.9. The van der Waals surface area contributed by atoms with Gasteiger partial charge in [0.1, 0.15) is 0 Å². The van der Waals surface area contributed by atoms with Crippen LogP contribution in [0.3, 0.4) is 0 Å². The molecule has 40 heavy (non-hydrogen) atoms. The van der Waals surface area contributed by atoms with Crippen molar-refractivity contribution in [2.75, 3.05) is 16.0 Å². The number of benzene rings is 3. The Morgan fingerprint density at radius 3 is 2.40 bits per heavy atom. The minimum absolute atomic E-state index is 0.0132. The van der Waals surface area contributed by atoms with Gasteiger partial charge < -0.3 is 25.6 Å². The van der Waals surface area contributed by atoms with Crippen LogP contribution in [0.5, 0.6) is 0 Å². The Morgan fingerprint density at radius 1 is 0.975 bits per heavy atom. The lowest BCUT2D eigenvalue weighted by atomic mass is 9.96. The number of nitrogens with zero attached hydrogens (tertiary/aromatic N) is 2. The van der Waals surface area contributed by atoms with E-state index in [4.69, 9.17) is 9.78 Å². The molecule has 0 fully saturated rings. The van der Waals surface area contributed by atoms with Crippen molar-refractivity contribution in [3.63, 3.8) is 0 Å². The average Bonchev–Trinajstić information content (AvgIpc) is 3.31. The van der Waals surface area contributed by atoms with Gasteiger partial charge >= 0.3 is 5.97 Å². The van der Waals surface area contributed by atoms with E-state index in [-0.39, 0.29) is 39.9 Å². The quantitative estimate of drug-likeness (QED) is 0.233. The summed E-state index contributed by atoms with van der Waals surface area (Å²) in [6.45, 7) is 5.15. The van der Waals surface area contributed by atoms with Crippen molar-refractivity contribution < 1.29 is 28.8 Å². The number of nitriles is 1. The molecule has 0 aliphatic rings. The Kier molecular flexibility index (Phi) is 7.91. The highest BCUT2D eigenvalue weighted by molar-refractivity contribution is 6.14. The molecular formula is C29H25N5O6. The third-order valence-electron chi connectivity index (χ3n) is 6.04. The zero-order valence-corrected chi connectivity index (χ0v) is 21.9. The number of aromatic nitrogens is 1. The molecule has 11 nitrogen and oxygen atoms in total. The average molecular weight is 540 g/mol. The molecule has 0 bridgehead atoms. The number of amides is 3. The maximum atomic E-state index is 13.2. The summed E-state index contributed by atoms with van der Waals surface area (Å²) in [6, 6.07) is 14.3. The number of aromatic carboxylic acids is 1. The van der Waals surface area contributed by atoms with Gasteiger partial charge in [-0.15, -0.1) is 0 Å². The second kappa shape index (κ2) is 11.5. The van der Waals surface area contributed by atoms with Gasteiger partial charge in [-0.2, -0.15) is 5.26 Å². The molecule has 1 aromatic heterocycles. The molecule has 4 rings (SSSR count). The summed E-state index contributed by atoms with van der Waals surface area (Å²) < 4.78 is 5.42. The van der Waals surface area contributed by atoms with E-state index in [0.29, 0.717) is 35.2 Å². The van der Waals surface area contributed by atoms with Gasteiger partial charge in [0, 0.05) is 30.7 Å². The molecule has 4 N–H and O–H groups in total. The summed E-state index contributed by atoms with van der Waals surface area (Å²) in [5.74, 6) is -2.45. The van der Waals surface area contributed by atoms with Gasteiger partial charge in [-0.3, -0.25) is 14.4 Å². The van der Waals surface area contributed by atoms with E-state index in [2.05, 4.69) is 21.1 Å². The van der Waals surface area contributed by atoms with Gasteiger partial charge in [-0.05, 0) is 60.9 Å². The largest absolute Gasteiger partial charge is 0.478 e. The van der Waals surface area contributed by atoms with Crippen LogP contribution in [0.2, 0.25) is 0 Å². The van der Waals surface area contributed by atoms with Gasteiger partial charge in [0.05, 0.1) is 34.0 Å². The number of carbonyl (C=O) groups excluding carboxylic acids is 3. The molecule has 3 amide bonds. The number of hydrogen-bond donors (Lipinski definition) is 4. The number of aryl methyl sites for hydroxylation is 1. The lowest BCUT2D eigenvalue weighted by molar-refractivity contribution is -0.116. The SMILES string of the molecule is CCCC(=O)Nc1cc2onc(C(=O)Nc3ccc(C#N)cc3C(=O)O)c2cc1-c1ccc(NC(C)=O)cc1C. The lowest BCUT2D eigenvalue weighted by Gasteiger charge is -2.15. The Labute approximate surface area is 228 Å². The minimum Gasteiger partial charge on any atom is -0.478 e. The van der Waals surface area contributed by atoms with Crippen LogP contribution in [0.15, 0.2) is 53.1 Å². The fraction of sp³-hybridized carbons (Fsp3) is 0.172. The molecule has 4 aromatic rings. The second-order valence-electron chi connectivity index (χ2n) is 9.07. The third kappa shape index (κ3) is 5.81. The van der Waals surface area contributed by atoms with Gasteiger partial charge in [0.15, 0.2) is 11.3 Å². The molecule has 0 aliphatic heterocycles. The second-order valence-corrected chi connectivity index (χ2v) is 9.07. The number of rotatable bonds is 8. The predicted molar refractivity (Wildman–Crippen MR) is 148 cm³/mol. The van der Waals surface area contributed by atoms with Crippen molar-refractivity contribution in [2.24, 2.45) is 0 Å². The topological polar surface area (TPSA) is 174 Å². The number of carbonyl (C=O) groups is 4. The Bertz CT molecular complexity index is 1720. The standard InChI is InChI=1S/C29H25N5O6/c1-4-5-26(36)32-24-13-25-22(12-20(24)19-8-7-18(10-15(19)2)31-16(3)35)27(34-40-25)28(37)33-23-9-6-17(14-30)11-21(23)29(38)39/h6-13H,4-5H2,1-3H3,(H,31,35)(H,32,36)(H,33,37)(H,38,39). The minimum atomic E-state index is -1.31. The lowest BCUT2D eigenvalue weighted by Crippen LogP contribution is -2.16. The van der Waals surface area contributed by atoms with Crippen LogP contribution in [-0.4, -0.2) is 34.0 Å². The number of anilines is 3. The molecule has 0 atom stereocenters. The van der Waals surface area contributed by atoms with Gasteiger partial charge in [0.2, 0.25) is 11.8 Å². The first-order chi connectivity index (χ1) is 19.1. The molecular weight excluding hydrogens is 514 g/mol. The van der Waals surface area contributed by atoms with Crippen LogP contribution in [0.4, 0.5) is 17.1 Å². The van der Waals surface area contributed by atoms with Crippen molar-refractivity contribution in [1.82, 2.24) is 5.16 Å². The summed E-state index contributed by atoms with van der Waals surface area (Å²) in [5.41, 5.74) is 3.16. The highest BCUT2D eigenvalue weighted by Crippen LogP contribution is 2.37. The Morgan fingerprint density at radius 2 is 1.75 bits per heavy atom. The smallest absolute Gasteiger partial charge is 0.337 e. The monoisotopic (exact) mass is 539 g/mol. The normalized spacial score (nSPS) is 10.6. The van der Waals surface area contributed by atoms with Crippen LogP contribution < -0.4 is 16.0 Å². The van der Waals surface area contributed by atoms with Gasteiger partial charge in [-0.25, -0.2) is 4.79 Å². The molecule has 0 saturated heterocycles. The first-order valence-corrected chi connectivity index (χ1v) is 12.3. The van der Waals surface area contributed by atoms with Crippen LogP contribution in [0, 0.1) is 18.3 Å². The van der Waals surface area contributed by atoms with Crippen LogP contribution in [-0.2, 0) is 9.59 Å². The Hall–Kier alpha value is -5.50. The van der Waals surface area contributed by atoms with Gasteiger partial charge in [-0.1, -0.05) is 18.1 Å². The van der Waals surface area contributed by atoms with E-state index in [1.807, 2.05) is 19.9 Å². The van der Waals surface area contributed by atoms with Crippen molar-refractivity contribution in [1.29, 1.82) is 5.26 Å². The molecule has 0 spiro atoms. The fourth-order valence-corrected chi connectivity index (χ4v) is 4.24. The van der Waals surface area contributed by atoms with Gasteiger partial charge in [0.25, 0.3) is 5.91 Å². The molecule has 0 aliphatic carbocycles. The van der Waals surface area contributed by atoms with Crippen molar-refractivity contribution in [2.45, 2.75) is 33.6 Å². The summed E-state index contributed by atoms with van der Waals surface area (Å²) in [6.07, 6.45) is 0.951. The van der Waals surface area contributed by atoms with E-state index in [9.17, 15) is 24.3 Å². The fourth-order valence-electron chi connectivity index (χ4n) is 4.24. The maximum Gasteiger partial charge on any atom is 0.337 e. The molecule has 1 heterocycles. The first-order valence-electron chi connectivity index (χ1n) is 12.3. The van der Waals surface area contributed by atoms with Crippen molar-refractivity contribution in [3.05, 3.63) is 70.9 Å². The maximum absolute atomic E-state index is 13.2. The van der Waals surface area contributed by atoms with E-state index in [1.165, 1.54) is 19.1 Å². The van der Waals surface area contributed by atoms with Crippen molar-refractivity contribution >= 4 is 51.7 Å². The number of carboxylic acid groups (broad SMARTS) is 1. The number of carboxylic acids is 1. The summed E-state index contributed by atoms with van der Waals surface area (Å²) in [7, 11) is 0. The molecule has 0 radical (unpaired) electrons. The van der Waals surface area contributed by atoms with E-state index >= 15 is 0 Å². The number of nitrogens with one attached hydrogen (secondary N) is 3. The summed E-state index contributed by atoms with van der Waals surface area (Å²) >= 11 is 0. The zero-order valence-electron chi connectivity index (χ0n) is 21.9. The third-order valence-corrected chi connectivity index (χ3v) is 6.04. The molecule has 202 valence electrons. The molecule has 0 unspecified atom stereocenters. The molecule has 0 saturated carbocycles. The van der Waals surface area contributed by atoms with Crippen LogP contribution >= 0.6 is 0 Å². The number of fused-ring (bicyclic) bond motifs is 1. The Balaban J connectivity index is 1.80. The molecule has 11 heteroatoms. The predicted octanol–water partition coefficient (Wildman–Crippen LogP) is 5.32. The van der Waals surface area contributed by atoms with E-state index in [1.54, 1.807) is 30.3 Å². The highest BCUT2D eigenvalue weighted by Gasteiger charge is 2.22. The zero-order chi connectivity index (χ0) is 29.0. The highest BCUT2D eigenvalue weighted by atomic mass is 16.5. The molecule has 3 aromatic carbocycles. The summed E-state index contributed by atoms with van der Waals surface area (Å²) in [5, 5.41) is 31.0. The van der Waals surface area contributed by atoms with Crippen LogP contribution in [0.1, 0.15) is 58.7 Å². The van der Waals surface area contributed by atoms with E-state index < -0.39 is 11.9 Å². The first kappa shape index (κ1) is 27.5. The van der Waals surface area contributed by atoms with Crippen molar-refractivity contribution in [3.8, 4) is 17.2 Å². The van der Waals surface area contributed by atoms with Crippen LogP contribution in [0.25, 0.3) is 22.1 Å².